The van der Waals surface area contributed by atoms with E-state index < -0.39 is 0 Å². The molecule has 2 aromatic rings. The molecule has 0 radical (unpaired) electrons. The van der Waals surface area contributed by atoms with E-state index in [-0.39, 0.29) is 0 Å². The summed E-state index contributed by atoms with van der Waals surface area (Å²) in [6.45, 7) is 0.641. The van der Waals surface area contributed by atoms with Gasteiger partial charge in [-0.15, -0.1) is 0 Å². The average Bonchev–Trinajstić information content (AvgIpc) is 2.95. The van der Waals surface area contributed by atoms with E-state index in [2.05, 4.69) is 30.1 Å². The number of fused-ring (bicyclic) bond motifs is 2. The maximum Gasteiger partial charge on any atom is 0.203 e. The van der Waals surface area contributed by atoms with Crippen LogP contribution in [-0.4, -0.2) is 44.9 Å². The largest absolute Gasteiger partial charge is 0.493 e. The molecule has 5 heteroatoms. The van der Waals surface area contributed by atoms with E-state index in [9.17, 15) is 0 Å². The molecule has 2 bridgehead atoms. The highest BCUT2D eigenvalue weighted by Crippen LogP contribution is 2.47. The lowest BCUT2D eigenvalue weighted by atomic mass is 9.76. The van der Waals surface area contributed by atoms with E-state index in [4.69, 9.17) is 25.8 Å². The molecule has 2 heterocycles. The summed E-state index contributed by atoms with van der Waals surface area (Å²) in [5.41, 5.74) is 1.32. The first-order valence-corrected chi connectivity index (χ1v) is 10.3. The Labute approximate surface area is 172 Å². The van der Waals surface area contributed by atoms with Gasteiger partial charge in [0.05, 0.1) is 20.8 Å². The highest BCUT2D eigenvalue weighted by atomic mass is 35.5. The van der Waals surface area contributed by atoms with Crippen molar-refractivity contribution in [2.24, 2.45) is 5.92 Å². The summed E-state index contributed by atoms with van der Waals surface area (Å²) < 4.78 is 17.3. The van der Waals surface area contributed by atoms with Crippen LogP contribution < -0.4 is 14.2 Å². The maximum absolute atomic E-state index is 6.33. The summed E-state index contributed by atoms with van der Waals surface area (Å²) in [6, 6.07) is 15.3. The van der Waals surface area contributed by atoms with Crippen molar-refractivity contribution in [1.29, 1.82) is 0 Å². The first-order chi connectivity index (χ1) is 13.6. The third-order valence-electron chi connectivity index (χ3n) is 6.51. The third kappa shape index (κ3) is 3.56. The molecule has 0 spiro atoms. The number of methoxy groups -OCH3 is 2. The number of hydrogen-bond acceptors (Lipinski definition) is 4. The van der Waals surface area contributed by atoms with Gasteiger partial charge in [-0.25, -0.2) is 0 Å². The van der Waals surface area contributed by atoms with Gasteiger partial charge in [0, 0.05) is 23.0 Å². The molecule has 0 aliphatic carbocycles. The van der Waals surface area contributed by atoms with Crippen LogP contribution in [0, 0.1) is 5.92 Å². The van der Waals surface area contributed by atoms with Gasteiger partial charge < -0.3 is 19.1 Å². The van der Waals surface area contributed by atoms with Crippen molar-refractivity contribution >= 4 is 11.6 Å². The number of hydrogen-bond donors (Lipinski definition) is 0. The molecular formula is C23H28ClNO3. The molecule has 2 saturated heterocycles. The quantitative estimate of drug-likeness (QED) is 0.681. The molecule has 4 unspecified atom stereocenters. The van der Waals surface area contributed by atoms with E-state index in [0.29, 0.717) is 42.0 Å². The SMILES string of the molecule is COc1cccc(OCC2C(c3cccc(Cl)c3)CC3CCC2N3C)c1OC. The smallest absolute Gasteiger partial charge is 0.203 e. The van der Waals surface area contributed by atoms with Crippen LogP contribution in [0.3, 0.4) is 0 Å². The molecule has 0 amide bonds. The minimum atomic E-state index is 0.401. The minimum absolute atomic E-state index is 0.401. The van der Waals surface area contributed by atoms with Crippen molar-refractivity contribution in [3.05, 3.63) is 53.1 Å². The average molecular weight is 402 g/mol. The number of ether oxygens (including phenoxy) is 3. The van der Waals surface area contributed by atoms with Gasteiger partial charge >= 0.3 is 0 Å². The highest BCUT2D eigenvalue weighted by Gasteiger charge is 2.46. The summed E-state index contributed by atoms with van der Waals surface area (Å²) in [5, 5.41) is 0.804. The Morgan fingerprint density at radius 1 is 1.04 bits per heavy atom. The molecule has 28 heavy (non-hydrogen) atoms. The van der Waals surface area contributed by atoms with Gasteiger partial charge in [0.25, 0.3) is 0 Å². The molecule has 4 nitrogen and oxygen atoms in total. The molecule has 4 atom stereocenters. The van der Waals surface area contributed by atoms with Crippen LogP contribution in [-0.2, 0) is 0 Å². The lowest BCUT2D eigenvalue weighted by Gasteiger charge is -2.43. The molecule has 2 fully saturated rings. The van der Waals surface area contributed by atoms with Gasteiger partial charge in [-0.05, 0) is 62.1 Å². The lowest BCUT2D eigenvalue weighted by Crippen LogP contribution is -2.47. The van der Waals surface area contributed by atoms with E-state index in [1.54, 1.807) is 14.2 Å². The van der Waals surface area contributed by atoms with Crippen molar-refractivity contribution in [1.82, 2.24) is 4.90 Å². The van der Waals surface area contributed by atoms with E-state index in [0.717, 1.165) is 17.2 Å². The first kappa shape index (κ1) is 19.4. The zero-order valence-electron chi connectivity index (χ0n) is 16.7. The summed E-state index contributed by atoms with van der Waals surface area (Å²) in [5.74, 6) is 2.92. The van der Waals surface area contributed by atoms with Crippen molar-refractivity contribution < 1.29 is 14.2 Å². The fourth-order valence-electron chi connectivity index (χ4n) is 5.08. The van der Waals surface area contributed by atoms with Crippen molar-refractivity contribution in [2.45, 2.75) is 37.3 Å². The summed E-state index contributed by atoms with van der Waals surface area (Å²) >= 11 is 6.30. The van der Waals surface area contributed by atoms with Crippen LogP contribution in [0.15, 0.2) is 42.5 Å². The zero-order valence-corrected chi connectivity index (χ0v) is 17.5. The fraction of sp³-hybridized carbons (Fsp3) is 0.478. The highest BCUT2D eigenvalue weighted by molar-refractivity contribution is 6.30. The van der Waals surface area contributed by atoms with Crippen LogP contribution in [0.25, 0.3) is 0 Å². The Balaban J connectivity index is 1.60. The Morgan fingerprint density at radius 2 is 1.82 bits per heavy atom. The maximum atomic E-state index is 6.33. The number of benzene rings is 2. The van der Waals surface area contributed by atoms with Gasteiger partial charge in [0.2, 0.25) is 5.75 Å². The second-order valence-electron chi connectivity index (χ2n) is 7.83. The summed E-state index contributed by atoms with van der Waals surface area (Å²) in [4.78, 5) is 2.55. The number of piperidine rings is 1. The minimum Gasteiger partial charge on any atom is -0.493 e. The van der Waals surface area contributed by atoms with E-state index in [1.807, 2.05) is 24.3 Å². The number of rotatable bonds is 6. The Kier molecular flexibility index (Phi) is 5.70. The van der Waals surface area contributed by atoms with E-state index >= 15 is 0 Å². The van der Waals surface area contributed by atoms with Gasteiger partial charge in [-0.3, -0.25) is 0 Å². The molecule has 0 saturated carbocycles. The third-order valence-corrected chi connectivity index (χ3v) is 6.74. The Morgan fingerprint density at radius 3 is 2.57 bits per heavy atom. The van der Waals surface area contributed by atoms with Gasteiger partial charge in [-0.2, -0.15) is 0 Å². The van der Waals surface area contributed by atoms with E-state index in [1.165, 1.54) is 18.4 Å². The Bertz CT molecular complexity index is 827. The molecule has 2 aliphatic heterocycles. The molecule has 4 rings (SSSR count). The van der Waals surface area contributed by atoms with Crippen molar-refractivity contribution in [3.63, 3.8) is 0 Å². The van der Waals surface area contributed by atoms with Crippen LogP contribution >= 0.6 is 11.6 Å². The molecule has 2 aliphatic rings. The zero-order chi connectivity index (χ0) is 19.7. The summed E-state index contributed by atoms with van der Waals surface area (Å²) in [7, 11) is 5.55. The Hall–Kier alpha value is -1.91. The molecule has 0 N–H and O–H groups in total. The van der Waals surface area contributed by atoms with Gasteiger partial charge in [0.1, 0.15) is 0 Å². The van der Waals surface area contributed by atoms with Crippen LogP contribution in [0.4, 0.5) is 0 Å². The molecular weight excluding hydrogens is 374 g/mol. The first-order valence-electron chi connectivity index (χ1n) is 9.93. The molecule has 2 aromatic carbocycles. The lowest BCUT2D eigenvalue weighted by molar-refractivity contribution is 0.0656. The monoisotopic (exact) mass is 401 g/mol. The topological polar surface area (TPSA) is 30.9 Å². The van der Waals surface area contributed by atoms with Crippen LogP contribution in [0.1, 0.15) is 30.7 Å². The number of para-hydroxylation sites is 1. The number of nitrogens with zero attached hydrogens (tertiary/aromatic N) is 1. The van der Waals surface area contributed by atoms with Crippen LogP contribution in [0.2, 0.25) is 5.02 Å². The van der Waals surface area contributed by atoms with Gasteiger partial charge in [-0.1, -0.05) is 29.8 Å². The number of halogens is 1. The normalized spacial score (nSPS) is 26.9. The predicted molar refractivity (Wildman–Crippen MR) is 112 cm³/mol. The predicted octanol–water partition coefficient (Wildman–Crippen LogP) is 5.00. The second-order valence-corrected chi connectivity index (χ2v) is 8.26. The van der Waals surface area contributed by atoms with Crippen LogP contribution in [0.5, 0.6) is 17.2 Å². The molecule has 150 valence electrons. The van der Waals surface area contributed by atoms with Crippen molar-refractivity contribution in [3.8, 4) is 17.2 Å². The standard InChI is InChI=1S/C23H28ClNO3/c1-25-17-10-11-20(25)19(18(13-17)15-6-4-7-16(24)12-15)14-28-22-9-5-8-21(26-2)23(22)27-3/h4-9,12,17-20H,10-11,13-14H2,1-3H3. The molecule has 0 aromatic heterocycles. The fourth-order valence-corrected chi connectivity index (χ4v) is 5.28. The second kappa shape index (κ2) is 8.22. The van der Waals surface area contributed by atoms with Crippen molar-refractivity contribution in [2.75, 3.05) is 27.9 Å². The summed E-state index contributed by atoms with van der Waals surface area (Å²) in [6.07, 6.45) is 3.63. The van der Waals surface area contributed by atoms with Gasteiger partial charge in [0.15, 0.2) is 11.5 Å².